The predicted octanol–water partition coefficient (Wildman–Crippen LogP) is 2.98. The number of rotatable bonds is 4. The van der Waals surface area contributed by atoms with Crippen molar-refractivity contribution < 1.29 is 4.79 Å². The first kappa shape index (κ1) is 15.8. The molecule has 3 rings (SSSR count). The number of carbonyl (C=O) groups is 1. The van der Waals surface area contributed by atoms with Crippen LogP contribution in [0.2, 0.25) is 0 Å². The van der Waals surface area contributed by atoms with Crippen LogP contribution in [0.4, 0.5) is 0 Å². The highest BCUT2D eigenvalue weighted by Crippen LogP contribution is 2.29. The molecular formula is C17H18N4OS. The number of nitriles is 1. The van der Waals surface area contributed by atoms with Gasteiger partial charge in [0.2, 0.25) is 5.91 Å². The zero-order valence-electron chi connectivity index (χ0n) is 13.0. The van der Waals surface area contributed by atoms with E-state index < -0.39 is 5.54 Å². The molecule has 1 aromatic heterocycles. The number of carbonyl (C=O) groups excluding carboxylic acids is 1. The lowest BCUT2D eigenvalue weighted by atomic mass is 10.0. The minimum atomic E-state index is -0.665. The summed E-state index contributed by atoms with van der Waals surface area (Å²) in [5.41, 5.74) is 0.216. The number of benzene rings is 1. The van der Waals surface area contributed by atoms with Crippen molar-refractivity contribution in [3.63, 3.8) is 0 Å². The molecule has 1 fully saturated rings. The summed E-state index contributed by atoms with van der Waals surface area (Å²) >= 11 is 1.39. The van der Waals surface area contributed by atoms with Crippen LogP contribution >= 0.6 is 11.8 Å². The lowest BCUT2D eigenvalue weighted by molar-refractivity contribution is -0.119. The Morgan fingerprint density at radius 3 is 2.83 bits per heavy atom. The molecule has 1 aliphatic rings. The number of hydrogen-bond donors (Lipinski definition) is 1. The van der Waals surface area contributed by atoms with Crippen LogP contribution in [0.25, 0.3) is 10.9 Å². The van der Waals surface area contributed by atoms with E-state index in [1.165, 1.54) is 11.8 Å². The van der Waals surface area contributed by atoms with E-state index in [0.717, 1.165) is 41.6 Å². The second-order valence-electron chi connectivity index (χ2n) is 5.83. The van der Waals surface area contributed by atoms with Crippen molar-refractivity contribution in [2.24, 2.45) is 0 Å². The van der Waals surface area contributed by atoms with Gasteiger partial charge >= 0.3 is 0 Å². The second kappa shape index (κ2) is 6.55. The number of nitrogens with zero attached hydrogens (tertiary/aromatic N) is 3. The third kappa shape index (κ3) is 3.45. The number of para-hydroxylation sites is 1. The maximum Gasteiger partial charge on any atom is 0.231 e. The molecule has 118 valence electrons. The Morgan fingerprint density at radius 2 is 2.09 bits per heavy atom. The summed E-state index contributed by atoms with van der Waals surface area (Å²) in [6, 6.07) is 10.1. The molecule has 5 nitrogen and oxygen atoms in total. The number of aromatic nitrogens is 2. The summed E-state index contributed by atoms with van der Waals surface area (Å²) in [4.78, 5) is 21.1. The van der Waals surface area contributed by atoms with Gasteiger partial charge in [0.1, 0.15) is 16.4 Å². The van der Waals surface area contributed by atoms with E-state index >= 15 is 0 Å². The fraction of sp³-hybridized carbons (Fsp3) is 0.412. The van der Waals surface area contributed by atoms with E-state index in [9.17, 15) is 10.1 Å². The van der Waals surface area contributed by atoms with Gasteiger partial charge in [0, 0.05) is 5.39 Å². The molecule has 0 unspecified atom stereocenters. The van der Waals surface area contributed by atoms with Crippen molar-refractivity contribution in [1.82, 2.24) is 15.3 Å². The fourth-order valence-electron chi connectivity index (χ4n) is 2.95. The van der Waals surface area contributed by atoms with Crippen LogP contribution in [-0.2, 0) is 4.79 Å². The van der Waals surface area contributed by atoms with Gasteiger partial charge in [-0.25, -0.2) is 9.97 Å². The highest BCUT2D eigenvalue weighted by Gasteiger charge is 2.35. The average Bonchev–Trinajstić information content (AvgIpc) is 3.01. The lowest BCUT2D eigenvalue weighted by Gasteiger charge is -2.21. The number of aryl methyl sites for hydroxylation is 1. The molecule has 1 amide bonds. The third-order valence-electron chi connectivity index (χ3n) is 4.07. The van der Waals surface area contributed by atoms with E-state index in [-0.39, 0.29) is 11.7 Å². The van der Waals surface area contributed by atoms with Crippen LogP contribution < -0.4 is 5.32 Å². The van der Waals surface area contributed by atoms with Crippen molar-refractivity contribution in [2.45, 2.75) is 43.2 Å². The average molecular weight is 326 g/mol. The molecule has 1 saturated carbocycles. The fourth-order valence-corrected chi connectivity index (χ4v) is 3.81. The maximum atomic E-state index is 12.2. The van der Waals surface area contributed by atoms with Crippen molar-refractivity contribution in [2.75, 3.05) is 5.75 Å². The third-order valence-corrected chi connectivity index (χ3v) is 5.06. The molecule has 0 radical (unpaired) electrons. The summed E-state index contributed by atoms with van der Waals surface area (Å²) in [5.74, 6) is 0.832. The van der Waals surface area contributed by atoms with Gasteiger partial charge in [-0.1, -0.05) is 30.0 Å². The molecule has 1 heterocycles. The minimum Gasteiger partial charge on any atom is -0.337 e. The van der Waals surface area contributed by atoms with Gasteiger partial charge in [-0.2, -0.15) is 5.26 Å². The predicted molar refractivity (Wildman–Crippen MR) is 90.0 cm³/mol. The van der Waals surface area contributed by atoms with Crippen molar-refractivity contribution in [3.05, 3.63) is 30.1 Å². The Balaban J connectivity index is 1.71. The van der Waals surface area contributed by atoms with E-state index in [1.54, 1.807) is 0 Å². The van der Waals surface area contributed by atoms with Gasteiger partial charge in [-0.05, 0) is 38.7 Å². The molecule has 2 aromatic rings. The van der Waals surface area contributed by atoms with Gasteiger partial charge in [0.05, 0.1) is 17.3 Å². The molecule has 0 atom stereocenters. The van der Waals surface area contributed by atoms with Crippen LogP contribution in [0.1, 0.15) is 31.5 Å². The number of thioether (sulfide) groups is 1. The summed E-state index contributed by atoms with van der Waals surface area (Å²) in [7, 11) is 0. The van der Waals surface area contributed by atoms with Crippen molar-refractivity contribution in [3.8, 4) is 6.07 Å². The normalized spacial score (nSPS) is 16.2. The lowest BCUT2D eigenvalue weighted by Crippen LogP contribution is -2.45. The van der Waals surface area contributed by atoms with Crippen LogP contribution in [0.15, 0.2) is 29.3 Å². The first-order valence-electron chi connectivity index (χ1n) is 7.70. The van der Waals surface area contributed by atoms with Crippen LogP contribution in [0.5, 0.6) is 0 Å². The monoisotopic (exact) mass is 326 g/mol. The Hall–Kier alpha value is -2.13. The van der Waals surface area contributed by atoms with E-state index in [2.05, 4.69) is 21.4 Å². The number of amides is 1. The van der Waals surface area contributed by atoms with Gasteiger partial charge in [0.15, 0.2) is 0 Å². The standard InChI is InChI=1S/C17H18N4OS/c1-12-19-14-7-3-2-6-13(14)16(20-12)23-10-15(22)21-17(11-18)8-4-5-9-17/h2-3,6-7H,4-5,8-10H2,1H3,(H,21,22). The van der Waals surface area contributed by atoms with Gasteiger partial charge in [-0.15, -0.1) is 0 Å². The number of hydrogen-bond acceptors (Lipinski definition) is 5. The molecule has 0 aliphatic heterocycles. The maximum absolute atomic E-state index is 12.2. The van der Waals surface area contributed by atoms with Crippen molar-refractivity contribution >= 4 is 28.6 Å². The van der Waals surface area contributed by atoms with Crippen molar-refractivity contribution in [1.29, 1.82) is 5.26 Å². The van der Waals surface area contributed by atoms with Gasteiger partial charge in [-0.3, -0.25) is 4.79 Å². The summed E-state index contributed by atoms with van der Waals surface area (Å²) in [5, 5.41) is 14.0. The second-order valence-corrected chi connectivity index (χ2v) is 6.80. The quantitative estimate of drug-likeness (QED) is 0.690. The molecule has 6 heteroatoms. The molecule has 23 heavy (non-hydrogen) atoms. The first-order chi connectivity index (χ1) is 11.1. The van der Waals surface area contributed by atoms with E-state index in [4.69, 9.17) is 0 Å². The van der Waals surface area contributed by atoms with E-state index in [1.807, 2.05) is 31.2 Å². The Morgan fingerprint density at radius 1 is 1.35 bits per heavy atom. The number of fused-ring (bicyclic) bond motifs is 1. The molecular weight excluding hydrogens is 308 g/mol. The Kier molecular flexibility index (Phi) is 4.49. The minimum absolute atomic E-state index is 0.112. The largest absolute Gasteiger partial charge is 0.337 e. The SMILES string of the molecule is Cc1nc(SCC(=O)NC2(C#N)CCCC2)c2ccccc2n1. The molecule has 1 N–H and O–H groups in total. The highest BCUT2D eigenvalue weighted by molar-refractivity contribution is 8.00. The zero-order chi connectivity index (χ0) is 16.3. The van der Waals surface area contributed by atoms with Crippen LogP contribution in [-0.4, -0.2) is 27.2 Å². The number of nitrogens with one attached hydrogen (secondary N) is 1. The molecule has 0 spiro atoms. The molecule has 0 bridgehead atoms. The zero-order valence-corrected chi connectivity index (χ0v) is 13.8. The summed E-state index contributed by atoms with van der Waals surface area (Å²) in [6.45, 7) is 1.85. The molecule has 1 aromatic carbocycles. The Labute approximate surface area is 139 Å². The van der Waals surface area contributed by atoms with Crippen LogP contribution in [0.3, 0.4) is 0 Å². The Bertz CT molecular complexity index is 778. The molecule has 1 aliphatic carbocycles. The summed E-state index contributed by atoms with van der Waals surface area (Å²) in [6.07, 6.45) is 3.48. The first-order valence-corrected chi connectivity index (χ1v) is 8.69. The van der Waals surface area contributed by atoms with Gasteiger partial charge in [0.25, 0.3) is 0 Å². The summed E-state index contributed by atoms with van der Waals surface area (Å²) < 4.78 is 0. The molecule has 0 saturated heterocycles. The topological polar surface area (TPSA) is 78.7 Å². The van der Waals surface area contributed by atoms with E-state index in [0.29, 0.717) is 5.82 Å². The van der Waals surface area contributed by atoms with Gasteiger partial charge < -0.3 is 5.32 Å². The smallest absolute Gasteiger partial charge is 0.231 e. The highest BCUT2D eigenvalue weighted by atomic mass is 32.2. The van der Waals surface area contributed by atoms with Crippen LogP contribution in [0, 0.1) is 18.3 Å².